The molecule has 3 heteroatoms. The number of rotatable bonds is 8. The summed E-state index contributed by atoms with van der Waals surface area (Å²) in [6.45, 7) is 0.717. The second-order valence-corrected chi connectivity index (χ2v) is 8.49. The van der Waals surface area contributed by atoms with Gasteiger partial charge in [-0.3, -0.25) is 0 Å². The second kappa shape index (κ2) is 9.72. The lowest BCUT2D eigenvalue weighted by Crippen LogP contribution is -2.45. The standard InChI is InChI=1S/C30H28O3/c31-28(27-21-32-29(27)23-13-5-1-6-14-23)22-33-30(24-15-7-2-8-16-24,25-17-9-3-10-18-25)26-19-11-4-12-20-26/h1-20,27-29,31H,21-22H2/t27-,28?,29-/m0/s1. The summed E-state index contributed by atoms with van der Waals surface area (Å²) in [7, 11) is 0. The minimum atomic E-state index is -0.836. The second-order valence-electron chi connectivity index (χ2n) is 8.49. The number of aliphatic hydroxyl groups is 1. The molecule has 0 aromatic heterocycles. The Bertz CT molecular complexity index is 1030. The van der Waals surface area contributed by atoms with Gasteiger partial charge in [0.15, 0.2) is 0 Å². The van der Waals surface area contributed by atoms with Gasteiger partial charge in [0.05, 0.1) is 25.4 Å². The molecule has 1 aliphatic rings. The molecule has 0 spiro atoms. The van der Waals surface area contributed by atoms with E-state index in [1.54, 1.807) is 0 Å². The van der Waals surface area contributed by atoms with Crippen LogP contribution in [0.1, 0.15) is 28.4 Å². The Morgan fingerprint density at radius 1 is 0.697 bits per heavy atom. The summed E-state index contributed by atoms with van der Waals surface area (Å²) in [5.74, 6) is -0.00702. The molecule has 1 fully saturated rings. The lowest BCUT2D eigenvalue weighted by Gasteiger charge is -2.42. The maximum Gasteiger partial charge on any atom is 0.143 e. The SMILES string of the molecule is OC(COC(c1ccccc1)(c1ccccc1)c1ccccc1)[C@@H]1CO[C@H]1c1ccccc1. The fourth-order valence-corrected chi connectivity index (χ4v) is 4.71. The zero-order chi connectivity index (χ0) is 22.5. The van der Waals surface area contributed by atoms with E-state index >= 15 is 0 Å². The van der Waals surface area contributed by atoms with Crippen molar-refractivity contribution in [2.24, 2.45) is 5.92 Å². The number of benzene rings is 4. The van der Waals surface area contributed by atoms with E-state index in [9.17, 15) is 5.11 Å². The van der Waals surface area contributed by atoms with E-state index in [1.165, 1.54) is 0 Å². The third kappa shape index (κ3) is 4.23. The van der Waals surface area contributed by atoms with Crippen molar-refractivity contribution in [3.8, 4) is 0 Å². The summed E-state index contributed by atoms with van der Waals surface area (Å²) >= 11 is 0. The lowest BCUT2D eigenvalue weighted by molar-refractivity contribution is -0.179. The van der Waals surface area contributed by atoms with Gasteiger partial charge >= 0.3 is 0 Å². The molecule has 4 aromatic carbocycles. The number of aliphatic hydroxyl groups excluding tert-OH is 1. The zero-order valence-electron chi connectivity index (χ0n) is 18.5. The Hall–Kier alpha value is -3.24. The first kappa shape index (κ1) is 21.6. The van der Waals surface area contributed by atoms with Crippen molar-refractivity contribution >= 4 is 0 Å². The van der Waals surface area contributed by atoms with Crippen LogP contribution in [-0.4, -0.2) is 24.4 Å². The summed E-state index contributed by atoms with van der Waals surface area (Å²) in [5, 5.41) is 11.2. The number of hydrogen-bond donors (Lipinski definition) is 1. The van der Waals surface area contributed by atoms with E-state index in [-0.39, 0.29) is 18.6 Å². The lowest BCUT2D eigenvalue weighted by atomic mass is 9.80. The molecule has 33 heavy (non-hydrogen) atoms. The van der Waals surface area contributed by atoms with Crippen LogP contribution in [0.3, 0.4) is 0 Å². The Morgan fingerprint density at radius 3 is 1.52 bits per heavy atom. The highest BCUT2D eigenvalue weighted by molar-refractivity contribution is 5.47. The summed E-state index contributed by atoms with van der Waals surface area (Å²) in [6, 6.07) is 40.8. The van der Waals surface area contributed by atoms with Crippen molar-refractivity contribution in [1.82, 2.24) is 0 Å². The van der Waals surface area contributed by atoms with Crippen LogP contribution in [0, 0.1) is 5.92 Å². The Kier molecular flexibility index (Phi) is 6.36. The average Bonchev–Trinajstić information content (AvgIpc) is 2.86. The molecule has 5 rings (SSSR count). The first-order valence-corrected chi connectivity index (χ1v) is 11.4. The molecule has 1 unspecified atom stereocenters. The highest BCUT2D eigenvalue weighted by Gasteiger charge is 2.42. The highest BCUT2D eigenvalue weighted by atomic mass is 16.5. The highest BCUT2D eigenvalue weighted by Crippen LogP contribution is 2.42. The van der Waals surface area contributed by atoms with Gasteiger partial charge in [-0.1, -0.05) is 121 Å². The van der Waals surface area contributed by atoms with Gasteiger partial charge in [0, 0.05) is 5.92 Å². The maximum absolute atomic E-state index is 11.2. The van der Waals surface area contributed by atoms with E-state index in [0.717, 1.165) is 22.3 Å². The molecule has 1 N–H and O–H groups in total. The smallest absolute Gasteiger partial charge is 0.143 e. The molecule has 166 valence electrons. The third-order valence-electron chi connectivity index (χ3n) is 6.49. The van der Waals surface area contributed by atoms with Gasteiger partial charge in [-0.2, -0.15) is 0 Å². The Labute approximate surface area is 195 Å². The predicted octanol–water partition coefficient (Wildman–Crippen LogP) is 5.74. The van der Waals surface area contributed by atoms with Gasteiger partial charge in [-0.05, 0) is 22.3 Å². The predicted molar refractivity (Wildman–Crippen MR) is 130 cm³/mol. The molecule has 3 nitrogen and oxygen atoms in total. The molecule has 1 aliphatic heterocycles. The van der Waals surface area contributed by atoms with Crippen LogP contribution in [-0.2, 0) is 15.1 Å². The molecule has 1 heterocycles. The van der Waals surface area contributed by atoms with E-state index in [1.807, 2.05) is 84.9 Å². The van der Waals surface area contributed by atoms with Crippen molar-refractivity contribution in [1.29, 1.82) is 0 Å². The van der Waals surface area contributed by atoms with Crippen LogP contribution in [0.4, 0.5) is 0 Å². The Balaban J connectivity index is 1.49. The molecule has 0 saturated carbocycles. The van der Waals surface area contributed by atoms with Gasteiger partial charge in [0.2, 0.25) is 0 Å². The minimum absolute atomic E-state index is 0.00702. The summed E-state index contributed by atoms with van der Waals surface area (Å²) in [5.41, 5.74) is 3.34. The van der Waals surface area contributed by atoms with Crippen molar-refractivity contribution in [3.63, 3.8) is 0 Å². The average molecular weight is 437 g/mol. The van der Waals surface area contributed by atoms with Crippen molar-refractivity contribution in [2.45, 2.75) is 17.8 Å². The van der Waals surface area contributed by atoms with Crippen LogP contribution < -0.4 is 0 Å². The summed E-state index contributed by atoms with van der Waals surface area (Å²) in [6.07, 6.45) is -0.760. The van der Waals surface area contributed by atoms with Gasteiger partial charge < -0.3 is 14.6 Å². The topological polar surface area (TPSA) is 38.7 Å². The number of hydrogen-bond acceptors (Lipinski definition) is 3. The molecular weight excluding hydrogens is 408 g/mol. The monoisotopic (exact) mass is 436 g/mol. The molecule has 4 aromatic rings. The van der Waals surface area contributed by atoms with E-state index in [4.69, 9.17) is 9.47 Å². The van der Waals surface area contributed by atoms with Crippen molar-refractivity contribution < 1.29 is 14.6 Å². The quantitative estimate of drug-likeness (QED) is 0.358. The number of ether oxygens (including phenoxy) is 2. The summed E-state index contributed by atoms with van der Waals surface area (Å²) < 4.78 is 12.6. The molecule has 0 bridgehead atoms. The Morgan fingerprint density at radius 2 is 1.12 bits per heavy atom. The first-order chi connectivity index (χ1) is 16.3. The van der Waals surface area contributed by atoms with Gasteiger partial charge in [0.1, 0.15) is 5.60 Å². The van der Waals surface area contributed by atoms with E-state index in [2.05, 4.69) is 36.4 Å². The minimum Gasteiger partial charge on any atom is -0.390 e. The maximum atomic E-state index is 11.2. The fourth-order valence-electron chi connectivity index (χ4n) is 4.71. The molecular formula is C30H28O3. The molecule has 0 aliphatic carbocycles. The van der Waals surface area contributed by atoms with Gasteiger partial charge in [-0.15, -0.1) is 0 Å². The molecule has 0 radical (unpaired) electrons. The molecule has 3 atom stereocenters. The van der Waals surface area contributed by atoms with Crippen LogP contribution in [0.2, 0.25) is 0 Å². The van der Waals surface area contributed by atoms with Crippen LogP contribution in [0.5, 0.6) is 0 Å². The largest absolute Gasteiger partial charge is 0.390 e. The van der Waals surface area contributed by atoms with Crippen LogP contribution >= 0.6 is 0 Å². The summed E-state index contributed by atoms with van der Waals surface area (Å²) in [4.78, 5) is 0. The van der Waals surface area contributed by atoms with Gasteiger partial charge in [0.25, 0.3) is 0 Å². The van der Waals surface area contributed by atoms with E-state index in [0.29, 0.717) is 6.61 Å². The molecule has 0 amide bonds. The third-order valence-corrected chi connectivity index (χ3v) is 6.49. The van der Waals surface area contributed by atoms with Crippen LogP contribution in [0.15, 0.2) is 121 Å². The van der Waals surface area contributed by atoms with Crippen molar-refractivity contribution in [3.05, 3.63) is 144 Å². The normalized spacial score (nSPS) is 18.9. The van der Waals surface area contributed by atoms with E-state index < -0.39 is 11.7 Å². The zero-order valence-corrected chi connectivity index (χ0v) is 18.5. The van der Waals surface area contributed by atoms with Crippen molar-refractivity contribution in [2.75, 3.05) is 13.2 Å². The van der Waals surface area contributed by atoms with Gasteiger partial charge in [-0.25, -0.2) is 0 Å². The fraction of sp³-hybridized carbons (Fsp3) is 0.200. The van der Waals surface area contributed by atoms with Crippen LogP contribution in [0.25, 0.3) is 0 Å². The molecule has 1 saturated heterocycles. The first-order valence-electron chi connectivity index (χ1n) is 11.4.